The highest BCUT2D eigenvalue weighted by Crippen LogP contribution is 2.13. The minimum atomic E-state index is -0.0345. The van der Waals surface area contributed by atoms with Gasteiger partial charge in [0.15, 0.2) is 0 Å². The van der Waals surface area contributed by atoms with Crippen molar-refractivity contribution in [1.29, 1.82) is 0 Å². The van der Waals surface area contributed by atoms with Crippen molar-refractivity contribution < 1.29 is 9.53 Å². The van der Waals surface area contributed by atoms with E-state index in [-0.39, 0.29) is 5.97 Å². The van der Waals surface area contributed by atoms with Crippen molar-refractivity contribution in [1.82, 2.24) is 0 Å². The molecule has 26 heavy (non-hydrogen) atoms. The number of hydrogen-bond donors (Lipinski definition) is 1. The van der Waals surface area contributed by atoms with Gasteiger partial charge in [0.2, 0.25) is 0 Å². The maximum Gasteiger partial charge on any atom is 0.305 e. The zero-order chi connectivity index (χ0) is 19.1. The first-order valence-corrected chi connectivity index (χ1v) is 12.2. The van der Waals surface area contributed by atoms with Gasteiger partial charge in [-0.05, 0) is 25.0 Å². The average Bonchev–Trinajstić information content (AvgIpc) is 2.64. The number of carbonyl (C=O) groups is 1. The molecule has 3 heteroatoms. The summed E-state index contributed by atoms with van der Waals surface area (Å²) in [6.45, 7) is 2.89. The standard InChI is InChI=1S/C23H46O2S/c1-2-3-4-5-6-7-8-9-10-11-12-13-14-15-16-18-21-25-23(24)20-17-19-22-26/h26H,2-22H2,1H3. The topological polar surface area (TPSA) is 26.3 Å². The third-order valence-electron chi connectivity index (χ3n) is 5.05. The summed E-state index contributed by atoms with van der Waals surface area (Å²) in [4.78, 5) is 11.4. The monoisotopic (exact) mass is 386 g/mol. The molecule has 0 bridgehead atoms. The van der Waals surface area contributed by atoms with E-state index < -0.39 is 0 Å². The van der Waals surface area contributed by atoms with Crippen molar-refractivity contribution in [2.24, 2.45) is 0 Å². The van der Waals surface area contributed by atoms with Crippen LogP contribution in [0.15, 0.2) is 0 Å². The van der Waals surface area contributed by atoms with Gasteiger partial charge < -0.3 is 4.74 Å². The fourth-order valence-corrected chi connectivity index (χ4v) is 3.51. The van der Waals surface area contributed by atoms with E-state index in [0.29, 0.717) is 13.0 Å². The van der Waals surface area contributed by atoms with Crippen LogP contribution in [0.25, 0.3) is 0 Å². The molecule has 0 atom stereocenters. The predicted molar refractivity (Wildman–Crippen MR) is 118 cm³/mol. The van der Waals surface area contributed by atoms with Crippen molar-refractivity contribution in [2.45, 2.75) is 129 Å². The molecule has 0 radical (unpaired) electrons. The molecule has 0 saturated carbocycles. The lowest BCUT2D eigenvalue weighted by molar-refractivity contribution is -0.143. The smallest absolute Gasteiger partial charge is 0.305 e. The average molecular weight is 387 g/mol. The van der Waals surface area contributed by atoms with Gasteiger partial charge in [0.05, 0.1) is 6.61 Å². The minimum absolute atomic E-state index is 0.0345. The van der Waals surface area contributed by atoms with Crippen molar-refractivity contribution in [3.63, 3.8) is 0 Å². The lowest BCUT2D eigenvalue weighted by Crippen LogP contribution is -2.05. The lowest BCUT2D eigenvalue weighted by Gasteiger charge is -2.05. The first-order chi connectivity index (χ1) is 12.8. The van der Waals surface area contributed by atoms with Gasteiger partial charge in [-0.15, -0.1) is 0 Å². The van der Waals surface area contributed by atoms with Crippen LogP contribution < -0.4 is 0 Å². The van der Waals surface area contributed by atoms with Crippen LogP contribution in [0.1, 0.15) is 129 Å². The summed E-state index contributed by atoms with van der Waals surface area (Å²) in [5.41, 5.74) is 0. The van der Waals surface area contributed by atoms with Crippen LogP contribution in [0, 0.1) is 0 Å². The van der Waals surface area contributed by atoms with Gasteiger partial charge >= 0.3 is 5.97 Å². The van der Waals surface area contributed by atoms with E-state index in [0.717, 1.165) is 25.0 Å². The second kappa shape index (κ2) is 22.9. The Morgan fingerprint density at radius 1 is 0.615 bits per heavy atom. The van der Waals surface area contributed by atoms with Crippen molar-refractivity contribution in [3.05, 3.63) is 0 Å². The van der Waals surface area contributed by atoms with Crippen LogP contribution in [0.2, 0.25) is 0 Å². The highest BCUT2D eigenvalue weighted by molar-refractivity contribution is 7.80. The number of thiol groups is 1. The predicted octanol–water partition coefficient (Wildman–Crippen LogP) is 7.89. The summed E-state index contributed by atoms with van der Waals surface area (Å²) in [7, 11) is 0. The molecule has 2 nitrogen and oxygen atoms in total. The molecule has 0 aliphatic rings. The number of hydrogen-bond acceptors (Lipinski definition) is 3. The number of carbonyl (C=O) groups excluding carboxylic acids is 1. The number of unbranched alkanes of at least 4 members (excludes halogenated alkanes) is 16. The molecule has 0 unspecified atom stereocenters. The molecule has 0 spiro atoms. The molecule has 0 aromatic rings. The van der Waals surface area contributed by atoms with Crippen LogP contribution in [0.5, 0.6) is 0 Å². The molecule has 0 rings (SSSR count). The molecule has 0 fully saturated rings. The largest absolute Gasteiger partial charge is 0.466 e. The first-order valence-electron chi connectivity index (χ1n) is 11.6. The van der Waals surface area contributed by atoms with E-state index in [4.69, 9.17) is 4.74 Å². The van der Waals surface area contributed by atoms with Crippen molar-refractivity contribution in [2.75, 3.05) is 12.4 Å². The van der Waals surface area contributed by atoms with Crippen molar-refractivity contribution in [3.8, 4) is 0 Å². The van der Waals surface area contributed by atoms with Gasteiger partial charge in [0.25, 0.3) is 0 Å². The van der Waals surface area contributed by atoms with Crippen LogP contribution in [-0.4, -0.2) is 18.3 Å². The fourth-order valence-electron chi connectivity index (χ4n) is 3.29. The summed E-state index contributed by atoms with van der Waals surface area (Å²) in [6.07, 6.45) is 24.4. The number of esters is 1. The highest BCUT2D eigenvalue weighted by Gasteiger charge is 2.01. The Morgan fingerprint density at radius 2 is 1.04 bits per heavy atom. The fraction of sp³-hybridized carbons (Fsp3) is 0.957. The summed E-state index contributed by atoms with van der Waals surface area (Å²) in [6, 6.07) is 0. The second-order valence-corrected chi connectivity index (χ2v) is 8.15. The van der Waals surface area contributed by atoms with E-state index in [1.165, 1.54) is 96.3 Å². The summed E-state index contributed by atoms with van der Waals surface area (Å²) < 4.78 is 5.24. The maximum atomic E-state index is 11.4. The second-order valence-electron chi connectivity index (χ2n) is 7.70. The number of ether oxygens (including phenoxy) is 1. The lowest BCUT2D eigenvalue weighted by atomic mass is 10.0. The van der Waals surface area contributed by atoms with Gasteiger partial charge in [0.1, 0.15) is 0 Å². The summed E-state index contributed by atoms with van der Waals surface area (Å²) in [5.74, 6) is 0.819. The van der Waals surface area contributed by atoms with Crippen LogP contribution in [-0.2, 0) is 9.53 Å². The number of rotatable bonds is 21. The van der Waals surface area contributed by atoms with Gasteiger partial charge in [-0.1, -0.05) is 103 Å². The van der Waals surface area contributed by atoms with Gasteiger partial charge in [-0.3, -0.25) is 4.79 Å². The summed E-state index contributed by atoms with van der Waals surface area (Å²) in [5, 5.41) is 0. The maximum absolute atomic E-state index is 11.4. The normalized spacial score (nSPS) is 11.0. The third-order valence-corrected chi connectivity index (χ3v) is 5.37. The molecule has 0 amide bonds. The SMILES string of the molecule is CCCCCCCCCCCCCCCCCCOC(=O)CCCCS. The Morgan fingerprint density at radius 3 is 1.46 bits per heavy atom. The van der Waals surface area contributed by atoms with Crippen LogP contribution in [0.3, 0.4) is 0 Å². The first kappa shape index (κ1) is 25.8. The Labute approximate surface area is 169 Å². The Bertz CT molecular complexity index is 281. The molecule has 0 aromatic carbocycles. The van der Waals surface area contributed by atoms with Gasteiger partial charge in [0, 0.05) is 6.42 Å². The molecule has 0 aromatic heterocycles. The van der Waals surface area contributed by atoms with Crippen LogP contribution >= 0.6 is 12.6 Å². The Kier molecular flexibility index (Phi) is 22.7. The molecule has 0 saturated heterocycles. The summed E-state index contributed by atoms with van der Waals surface area (Å²) >= 11 is 4.14. The van der Waals surface area contributed by atoms with Crippen LogP contribution in [0.4, 0.5) is 0 Å². The molecule has 0 heterocycles. The van der Waals surface area contributed by atoms with Crippen molar-refractivity contribution >= 4 is 18.6 Å². The zero-order valence-electron chi connectivity index (χ0n) is 17.6. The molecule has 0 aliphatic carbocycles. The molecular weight excluding hydrogens is 340 g/mol. The third kappa shape index (κ3) is 21.9. The van der Waals surface area contributed by atoms with Gasteiger partial charge in [-0.25, -0.2) is 0 Å². The Balaban J connectivity index is 3.06. The quantitative estimate of drug-likeness (QED) is 0.123. The van der Waals surface area contributed by atoms with E-state index in [1.54, 1.807) is 0 Å². The zero-order valence-corrected chi connectivity index (χ0v) is 18.5. The van der Waals surface area contributed by atoms with Gasteiger partial charge in [-0.2, -0.15) is 12.6 Å². The van der Waals surface area contributed by atoms with E-state index >= 15 is 0 Å². The van der Waals surface area contributed by atoms with E-state index in [2.05, 4.69) is 19.6 Å². The molecule has 0 aliphatic heterocycles. The minimum Gasteiger partial charge on any atom is -0.466 e. The molecule has 156 valence electrons. The highest BCUT2D eigenvalue weighted by atomic mass is 32.1. The molecular formula is C23H46O2S. The van der Waals surface area contributed by atoms with E-state index in [9.17, 15) is 4.79 Å². The Hall–Kier alpha value is -0.180. The van der Waals surface area contributed by atoms with E-state index in [1.807, 2.05) is 0 Å². The molecule has 0 N–H and O–H groups in total.